The molecule has 1 unspecified atom stereocenters. The Bertz CT molecular complexity index is 947. The van der Waals surface area contributed by atoms with Crippen molar-refractivity contribution >= 4 is 17.6 Å². The van der Waals surface area contributed by atoms with Gasteiger partial charge in [0.1, 0.15) is 0 Å². The number of aliphatic imine (C=N–C) groups is 1. The molecule has 0 fully saturated rings. The number of hydrogen-bond donors (Lipinski definition) is 4. The molecular weight excluding hydrogens is 338 g/mol. The number of nitrogens with two attached hydrogens (primary N) is 2. The first-order chi connectivity index (χ1) is 12.8. The van der Waals surface area contributed by atoms with Crippen LogP contribution in [-0.2, 0) is 10.5 Å². The van der Waals surface area contributed by atoms with Crippen molar-refractivity contribution in [2.45, 2.75) is 32.9 Å². The van der Waals surface area contributed by atoms with E-state index in [-0.39, 0.29) is 11.9 Å². The first-order valence-corrected chi connectivity index (χ1v) is 8.93. The van der Waals surface area contributed by atoms with Crippen LogP contribution in [0, 0.1) is 6.92 Å². The standard InChI is InChI=1S/C21H25N5O/c1-4-19(27)25-18-8-6-5-7-17(18)16-10-9-15(11-13(16)2)21(23)14(3)12-24-20(22)26-21/h5-12H,4,23H2,1-3H3,(H,25,27)(H3,22,24,26). The summed E-state index contributed by atoms with van der Waals surface area (Å²) in [6, 6.07) is 13.8. The van der Waals surface area contributed by atoms with E-state index < -0.39 is 5.66 Å². The molecule has 0 bridgehead atoms. The van der Waals surface area contributed by atoms with E-state index in [1.54, 1.807) is 6.20 Å². The van der Waals surface area contributed by atoms with Gasteiger partial charge < -0.3 is 16.4 Å². The number of nitrogens with one attached hydrogen (secondary N) is 2. The Labute approximate surface area is 159 Å². The van der Waals surface area contributed by atoms with Crippen LogP contribution < -0.4 is 22.1 Å². The van der Waals surface area contributed by atoms with Crippen LogP contribution in [0.3, 0.4) is 0 Å². The second kappa shape index (κ2) is 7.25. The molecular formula is C21H25N5O. The van der Waals surface area contributed by atoms with Crippen LogP contribution in [0.2, 0.25) is 0 Å². The molecule has 1 amide bonds. The fraction of sp³-hybridized carbons (Fsp3) is 0.238. The summed E-state index contributed by atoms with van der Waals surface area (Å²) < 4.78 is 0. The van der Waals surface area contributed by atoms with Crippen LogP contribution in [0.5, 0.6) is 0 Å². The highest BCUT2D eigenvalue weighted by Gasteiger charge is 2.32. The minimum atomic E-state index is -0.992. The van der Waals surface area contributed by atoms with Crippen molar-refractivity contribution in [2.75, 3.05) is 5.32 Å². The molecule has 6 heteroatoms. The zero-order valence-corrected chi connectivity index (χ0v) is 15.8. The van der Waals surface area contributed by atoms with Gasteiger partial charge in [-0.15, -0.1) is 0 Å². The second-order valence-electron chi connectivity index (χ2n) is 6.71. The van der Waals surface area contributed by atoms with E-state index in [1.807, 2.05) is 63.2 Å². The molecule has 1 aliphatic rings. The third-order valence-electron chi connectivity index (χ3n) is 4.81. The van der Waals surface area contributed by atoms with Crippen molar-refractivity contribution in [1.29, 1.82) is 0 Å². The normalized spacial score (nSPS) is 19.0. The molecule has 0 radical (unpaired) electrons. The average molecular weight is 363 g/mol. The van der Waals surface area contributed by atoms with Gasteiger partial charge in [0.05, 0.1) is 0 Å². The van der Waals surface area contributed by atoms with Crippen LogP contribution in [0.4, 0.5) is 5.69 Å². The fourth-order valence-corrected chi connectivity index (χ4v) is 3.16. The molecule has 2 aromatic carbocycles. The number of carbonyl (C=O) groups is 1. The molecule has 6 N–H and O–H groups in total. The lowest BCUT2D eigenvalue weighted by atomic mass is 9.89. The van der Waals surface area contributed by atoms with E-state index in [4.69, 9.17) is 11.5 Å². The van der Waals surface area contributed by atoms with Crippen LogP contribution in [0.25, 0.3) is 11.1 Å². The Morgan fingerprint density at radius 2 is 1.93 bits per heavy atom. The number of para-hydroxylation sites is 1. The minimum absolute atomic E-state index is 0.0158. The summed E-state index contributed by atoms with van der Waals surface area (Å²) >= 11 is 0. The number of amides is 1. The third-order valence-corrected chi connectivity index (χ3v) is 4.81. The van der Waals surface area contributed by atoms with Crippen LogP contribution in [0.15, 0.2) is 59.2 Å². The van der Waals surface area contributed by atoms with Gasteiger partial charge in [0.2, 0.25) is 5.91 Å². The molecule has 1 heterocycles. The molecule has 6 nitrogen and oxygen atoms in total. The minimum Gasteiger partial charge on any atom is -0.370 e. The zero-order chi connectivity index (χ0) is 19.6. The lowest BCUT2D eigenvalue weighted by Crippen LogP contribution is -2.45. The van der Waals surface area contributed by atoms with E-state index in [0.717, 1.165) is 33.5 Å². The smallest absolute Gasteiger partial charge is 0.224 e. The molecule has 0 aliphatic carbocycles. The molecule has 0 saturated heterocycles. The van der Waals surface area contributed by atoms with E-state index >= 15 is 0 Å². The maximum atomic E-state index is 11.9. The summed E-state index contributed by atoms with van der Waals surface area (Å²) in [5.74, 6) is 0.273. The number of guanidine groups is 1. The maximum absolute atomic E-state index is 11.9. The van der Waals surface area contributed by atoms with Gasteiger partial charge in [0.25, 0.3) is 0 Å². The highest BCUT2D eigenvalue weighted by Crippen LogP contribution is 2.35. The molecule has 0 spiro atoms. The van der Waals surface area contributed by atoms with Gasteiger partial charge in [-0.2, -0.15) is 0 Å². The van der Waals surface area contributed by atoms with Crippen LogP contribution in [0.1, 0.15) is 31.4 Å². The van der Waals surface area contributed by atoms with Crippen LogP contribution in [-0.4, -0.2) is 11.9 Å². The topological polar surface area (TPSA) is 106 Å². The van der Waals surface area contributed by atoms with Gasteiger partial charge in [-0.1, -0.05) is 43.3 Å². The summed E-state index contributed by atoms with van der Waals surface area (Å²) in [4.78, 5) is 16.3. The Morgan fingerprint density at radius 1 is 1.19 bits per heavy atom. The predicted molar refractivity (Wildman–Crippen MR) is 110 cm³/mol. The van der Waals surface area contributed by atoms with E-state index in [0.29, 0.717) is 6.42 Å². The van der Waals surface area contributed by atoms with Gasteiger partial charge in [-0.05, 0) is 42.2 Å². The van der Waals surface area contributed by atoms with Crippen molar-refractivity contribution in [3.63, 3.8) is 0 Å². The van der Waals surface area contributed by atoms with Crippen molar-refractivity contribution in [3.8, 4) is 11.1 Å². The number of hydrogen-bond acceptors (Lipinski definition) is 5. The lowest BCUT2D eigenvalue weighted by Gasteiger charge is -2.31. The zero-order valence-electron chi connectivity index (χ0n) is 15.8. The maximum Gasteiger partial charge on any atom is 0.224 e. The van der Waals surface area contributed by atoms with Gasteiger partial charge in [-0.25, -0.2) is 4.99 Å². The third kappa shape index (κ3) is 3.57. The summed E-state index contributed by atoms with van der Waals surface area (Å²) in [7, 11) is 0. The average Bonchev–Trinajstić information content (AvgIpc) is 2.65. The van der Waals surface area contributed by atoms with E-state index in [9.17, 15) is 4.79 Å². The predicted octanol–water partition coefficient (Wildman–Crippen LogP) is 2.94. The lowest BCUT2D eigenvalue weighted by molar-refractivity contribution is -0.115. The van der Waals surface area contributed by atoms with Gasteiger partial charge in [-0.3, -0.25) is 10.5 Å². The largest absolute Gasteiger partial charge is 0.370 e. The SMILES string of the molecule is CCC(=O)Nc1ccccc1-c1ccc(C2(N)N=C(N)NC=C2C)cc1C. The van der Waals surface area contributed by atoms with Crippen molar-refractivity contribution in [1.82, 2.24) is 5.32 Å². The van der Waals surface area contributed by atoms with Gasteiger partial charge >= 0.3 is 0 Å². The number of nitrogens with zero attached hydrogens (tertiary/aromatic N) is 1. The summed E-state index contributed by atoms with van der Waals surface area (Å²) in [6.07, 6.45) is 2.21. The molecule has 2 aromatic rings. The summed E-state index contributed by atoms with van der Waals surface area (Å²) in [6.45, 7) is 5.77. The molecule has 27 heavy (non-hydrogen) atoms. The first kappa shape index (κ1) is 18.7. The van der Waals surface area contributed by atoms with Gasteiger partial charge in [0.15, 0.2) is 11.6 Å². The number of rotatable bonds is 4. The highest BCUT2D eigenvalue weighted by atomic mass is 16.1. The van der Waals surface area contributed by atoms with Crippen molar-refractivity contribution in [2.24, 2.45) is 16.5 Å². The number of aryl methyl sites for hydroxylation is 1. The Morgan fingerprint density at radius 3 is 2.63 bits per heavy atom. The molecule has 0 aromatic heterocycles. The quantitative estimate of drug-likeness (QED) is 0.670. The summed E-state index contributed by atoms with van der Waals surface area (Å²) in [5.41, 5.74) is 16.9. The second-order valence-corrected chi connectivity index (χ2v) is 6.71. The number of benzene rings is 2. The van der Waals surface area contributed by atoms with Crippen LogP contribution >= 0.6 is 0 Å². The first-order valence-electron chi connectivity index (χ1n) is 8.93. The Hall–Kier alpha value is -3.12. The monoisotopic (exact) mass is 363 g/mol. The molecule has 3 rings (SSSR count). The number of anilines is 1. The Balaban J connectivity index is 2.03. The molecule has 1 atom stereocenters. The Kier molecular flexibility index (Phi) is 5.01. The highest BCUT2D eigenvalue weighted by molar-refractivity contribution is 5.95. The van der Waals surface area contributed by atoms with Crippen molar-refractivity contribution in [3.05, 3.63) is 65.4 Å². The molecule has 140 valence electrons. The summed E-state index contributed by atoms with van der Waals surface area (Å²) in [5, 5.41) is 5.85. The van der Waals surface area contributed by atoms with E-state index in [2.05, 4.69) is 15.6 Å². The van der Waals surface area contributed by atoms with Gasteiger partial charge in [0, 0.05) is 23.9 Å². The molecule has 0 saturated carbocycles. The van der Waals surface area contributed by atoms with Crippen molar-refractivity contribution < 1.29 is 4.79 Å². The molecule has 1 aliphatic heterocycles. The van der Waals surface area contributed by atoms with E-state index in [1.165, 1.54) is 0 Å². The fourth-order valence-electron chi connectivity index (χ4n) is 3.16. The number of carbonyl (C=O) groups excluding carboxylic acids is 1.